The molecule has 2 aromatic carbocycles. The summed E-state index contributed by atoms with van der Waals surface area (Å²) in [6.07, 6.45) is 4.39. The summed E-state index contributed by atoms with van der Waals surface area (Å²) in [6.45, 7) is 2.67. The molecule has 3 aromatic rings. The number of anilines is 1. The van der Waals surface area contributed by atoms with E-state index in [4.69, 9.17) is 0 Å². The average molecular weight is 410 g/mol. The summed E-state index contributed by atoms with van der Waals surface area (Å²) in [5, 5.41) is 6.48. The molecule has 0 atom stereocenters. The summed E-state index contributed by atoms with van der Waals surface area (Å²) < 4.78 is 1.03. The number of carbonyl (C=O) groups excluding carboxylic acids is 2. The average Bonchev–Trinajstić information content (AvgIpc) is 3.12. The van der Waals surface area contributed by atoms with Gasteiger partial charge in [0.15, 0.2) is 5.13 Å². The van der Waals surface area contributed by atoms with Crippen molar-refractivity contribution >= 4 is 38.5 Å². The Morgan fingerprint density at radius 1 is 0.966 bits per heavy atom. The van der Waals surface area contributed by atoms with Gasteiger partial charge in [-0.3, -0.25) is 9.59 Å². The molecule has 152 valence electrons. The van der Waals surface area contributed by atoms with E-state index in [2.05, 4.69) is 33.8 Å². The SMILES string of the molecule is CCCC(=O)Nc1nc2ccc(CCC(=O)NCCCc3ccccc3)cc2s1. The number of rotatable bonds is 10. The third-order valence-corrected chi connectivity index (χ3v) is 5.56. The topological polar surface area (TPSA) is 71.1 Å². The predicted octanol–water partition coefficient (Wildman–Crippen LogP) is 4.72. The zero-order chi connectivity index (χ0) is 20.5. The van der Waals surface area contributed by atoms with Gasteiger partial charge in [0.05, 0.1) is 10.2 Å². The Bertz CT molecular complexity index is 953. The molecule has 0 saturated heterocycles. The molecule has 0 unspecified atom stereocenters. The number of amides is 2. The van der Waals surface area contributed by atoms with E-state index in [-0.39, 0.29) is 11.8 Å². The molecule has 5 nitrogen and oxygen atoms in total. The van der Waals surface area contributed by atoms with Gasteiger partial charge in [-0.2, -0.15) is 0 Å². The fourth-order valence-electron chi connectivity index (χ4n) is 3.10. The highest BCUT2D eigenvalue weighted by Gasteiger charge is 2.09. The van der Waals surface area contributed by atoms with Crippen LogP contribution in [0.15, 0.2) is 48.5 Å². The molecule has 3 rings (SSSR count). The largest absolute Gasteiger partial charge is 0.356 e. The van der Waals surface area contributed by atoms with Crippen molar-refractivity contribution in [2.45, 2.75) is 45.4 Å². The van der Waals surface area contributed by atoms with E-state index < -0.39 is 0 Å². The molecule has 6 heteroatoms. The van der Waals surface area contributed by atoms with Gasteiger partial charge in [-0.25, -0.2) is 4.98 Å². The number of nitrogens with one attached hydrogen (secondary N) is 2. The summed E-state index contributed by atoms with van der Waals surface area (Å²) in [6, 6.07) is 16.3. The van der Waals surface area contributed by atoms with E-state index in [9.17, 15) is 9.59 Å². The van der Waals surface area contributed by atoms with Crippen LogP contribution in [0.3, 0.4) is 0 Å². The van der Waals surface area contributed by atoms with E-state index in [0.717, 1.165) is 35.0 Å². The summed E-state index contributed by atoms with van der Waals surface area (Å²) in [4.78, 5) is 28.3. The van der Waals surface area contributed by atoms with Crippen molar-refractivity contribution in [1.29, 1.82) is 0 Å². The highest BCUT2D eigenvalue weighted by molar-refractivity contribution is 7.22. The van der Waals surface area contributed by atoms with Crippen LogP contribution in [0.5, 0.6) is 0 Å². The minimum atomic E-state index is -0.00397. The first-order chi connectivity index (χ1) is 14.1. The number of nitrogens with zero attached hydrogens (tertiary/aromatic N) is 1. The number of hydrogen-bond acceptors (Lipinski definition) is 4. The summed E-state index contributed by atoms with van der Waals surface area (Å²) in [5.41, 5.74) is 3.27. The van der Waals surface area contributed by atoms with Crippen molar-refractivity contribution in [2.75, 3.05) is 11.9 Å². The third-order valence-electron chi connectivity index (χ3n) is 4.62. The second-order valence-electron chi connectivity index (χ2n) is 7.06. The number of carbonyl (C=O) groups is 2. The molecule has 0 spiro atoms. The van der Waals surface area contributed by atoms with Gasteiger partial charge in [-0.05, 0) is 48.9 Å². The first kappa shape index (κ1) is 21.0. The van der Waals surface area contributed by atoms with Gasteiger partial charge in [-0.1, -0.05) is 54.7 Å². The number of fused-ring (bicyclic) bond motifs is 1. The zero-order valence-corrected chi connectivity index (χ0v) is 17.6. The molecule has 0 radical (unpaired) electrons. The van der Waals surface area contributed by atoms with Gasteiger partial charge in [0, 0.05) is 19.4 Å². The number of aryl methyl sites for hydroxylation is 2. The fourth-order valence-corrected chi connectivity index (χ4v) is 4.04. The van der Waals surface area contributed by atoms with Crippen LogP contribution in [0, 0.1) is 0 Å². The van der Waals surface area contributed by atoms with E-state index in [1.807, 2.05) is 37.3 Å². The van der Waals surface area contributed by atoms with Gasteiger partial charge in [-0.15, -0.1) is 0 Å². The first-order valence-corrected chi connectivity index (χ1v) is 11.0. The van der Waals surface area contributed by atoms with Crippen LogP contribution >= 0.6 is 11.3 Å². The van der Waals surface area contributed by atoms with Crippen molar-refractivity contribution in [3.05, 3.63) is 59.7 Å². The van der Waals surface area contributed by atoms with E-state index in [1.54, 1.807) is 0 Å². The van der Waals surface area contributed by atoms with Crippen LogP contribution in [-0.2, 0) is 22.4 Å². The second kappa shape index (κ2) is 10.7. The lowest BCUT2D eigenvalue weighted by Gasteiger charge is -2.06. The highest BCUT2D eigenvalue weighted by atomic mass is 32.1. The molecule has 1 aromatic heterocycles. The Hall–Kier alpha value is -2.73. The number of aromatic nitrogens is 1. The smallest absolute Gasteiger partial charge is 0.226 e. The number of hydrogen-bond donors (Lipinski definition) is 2. The number of thiazole rings is 1. The van der Waals surface area contributed by atoms with Gasteiger partial charge in [0.25, 0.3) is 0 Å². The van der Waals surface area contributed by atoms with Crippen LogP contribution < -0.4 is 10.6 Å². The van der Waals surface area contributed by atoms with Crippen LogP contribution in [0.25, 0.3) is 10.2 Å². The van der Waals surface area contributed by atoms with Gasteiger partial charge in [0.1, 0.15) is 0 Å². The van der Waals surface area contributed by atoms with Crippen molar-refractivity contribution in [3.8, 4) is 0 Å². The maximum absolute atomic E-state index is 12.1. The Kier molecular flexibility index (Phi) is 7.76. The molecule has 0 aliphatic heterocycles. The van der Waals surface area contributed by atoms with Crippen LogP contribution in [0.1, 0.15) is 43.7 Å². The zero-order valence-electron chi connectivity index (χ0n) is 16.7. The summed E-state index contributed by atoms with van der Waals surface area (Å²) in [5.74, 6) is 0.0747. The number of benzene rings is 2. The summed E-state index contributed by atoms with van der Waals surface area (Å²) >= 11 is 1.47. The Labute approximate surface area is 175 Å². The fraction of sp³-hybridized carbons (Fsp3) is 0.348. The van der Waals surface area contributed by atoms with Crippen molar-refractivity contribution in [1.82, 2.24) is 10.3 Å². The molecular weight excluding hydrogens is 382 g/mol. The minimum Gasteiger partial charge on any atom is -0.356 e. The van der Waals surface area contributed by atoms with Crippen molar-refractivity contribution in [3.63, 3.8) is 0 Å². The third kappa shape index (κ3) is 6.68. The van der Waals surface area contributed by atoms with Crippen molar-refractivity contribution in [2.24, 2.45) is 0 Å². The molecule has 2 amide bonds. The maximum Gasteiger partial charge on any atom is 0.226 e. The lowest BCUT2D eigenvalue weighted by atomic mass is 10.1. The van der Waals surface area contributed by atoms with E-state index in [1.165, 1.54) is 16.9 Å². The normalized spacial score (nSPS) is 10.8. The first-order valence-electron chi connectivity index (χ1n) is 10.1. The van der Waals surface area contributed by atoms with Gasteiger partial charge >= 0.3 is 0 Å². The Balaban J connectivity index is 1.43. The van der Waals surface area contributed by atoms with Crippen LogP contribution in [0.2, 0.25) is 0 Å². The molecule has 0 aliphatic carbocycles. The molecule has 29 heavy (non-hydrogen) atoms. The van der Waals surface area contributed by atoms with Gasteiger partial charge in [0.2, 0.25) is 11.8 Å². The molecule has 1 heterocycles. The Morgan fingerprint density at radius 3 is 2.59 bits per heavy atom. The monoisotopic (exact) mass is 409 g/mol. The molecular formula is C23H27N3O2S. The molecule has 2 N–H and O–H groups in total. The second-order valence-corrected chi connectivity index (χ2v) is 8.09. The van der Waals surface area contributed by atoms with E-state index in [0.29, 0.717) is 30.9 Å². The van der Waals surface area contributed by atoms with E-state index >= 15 is 0 Å². The standard InChI is InChI=1S/C23H27N3O2S/c1-2-7-22(28)26-23-25-19-13-11-18(16-20(19)29-23)12-14-21(27)24-15-6-10-17-8-4-3-5-9-17/h3-5,8-9,11,13,16H,2,6-7,10,12,14-15H2,1H3,(H,24,27)(H,25,26,28). The minimum absolute atomic E-state index is 0.00397. The highest BCUT2D eigenvalue weighted by Crippen LogP contribution is 2.27. The lowest BCUT2D eigenvalue weighted by Crippen LogP contribution is -2.24. The molecule has 0 bridgehead atoms. The predicted molar refractivity (Wildman–Crippen MR) is 119 cm³/mol. The molecule has 0 saturated carbocycles. The summed E-state index contributed by atoms with van der Waals surface area (Å²) in [7, 11) is 0. The van der Waals surface area contributed by atoms with Gasteiger partial charge < -0.3 is 10.6 Å². The van der Waals surface area contributed by atoms with Crippen LogP contribution in [-0.4, -0.2) is 23.3 Å². The molecule has 0 aliphatic rings. The molecule has 0 fully saturated rings. The van der Waals surface area contributed by atoms with Crippen LogP contribution in [0.4, 0.5) is 5.13 Å². The van der Waals surface area contributed by atoms with Crippen molar-refractivity contribution < 1.29 is 9.59 Å². The lowest BCUT2D eigenvalue weighted by molar-refractivity contribution is -0.121. The quantitative estimate of drug-likeness (QED) is 0.476. The Morgan fingerprint density at radius 2 is 1.79 bits per heavy atom. The maximum atomic E-state index is 12.1.